The Morgan fingerprint density at radius 1 is 1.06 bits per heavy atom. The summed E-state index contributed by atoms with van der Waals surface area (Å²) in [6.45, 7) is 0.250. The van der Waals surface area contributed by atoms with E-state index in [4.69, 9.17) is 9.47 Å². The molecule has 0 radical (unpaired) electrons. The second kappa shape index (κ2) is 3.94. The quantitative estimate of drug-likeness (QED) is 0.738. The first kappa shape index (κ1) is 9.90. The van der Waals surface area contributed by atoms with Crippen LogP contribution in [0.1, 0.15) is 10.4 Å². The first-order chi connectivity index (χ1) is 8.38. The Kier molecular flexibility index (Phi) is 2.29. The summed E-state index contributed by atoms with van der Waals surface area (Å²) in [6.07, 6.45) is 0.837. The maximum Gasteiger partial charge on any atom is 0.231 e. The highest BCUT2D eigenvalue weighted by Gasteiger charge is 2.18. The molecule has 0 amide bonds. The van der Waals surface area contributed by atoms with Crippen LogP contribution in [0.5, 0.6) is 11.5 Å². The Bertz CT molecular complexity index is 575. The lowest BCUT2D eigenvalue weighted by Gasteiger charge is -2.06. The number of benzene rings is 2. The molecule has 3 nitrogen and oxygen atoms in total. The first-order valence-corrected chi connectivity index (χ1v) is 5.33. The molecule has 0 aromatic heterocycles. The van der Waals surface area contributed by atoms with Crippen LogP contribution in [0.2, 0.25) is 0 Å². The molecule has 0 saturated heterocycles. The van der Waals surface area contributed by atoms with Gasteiger partial charge in [-0.1, -0.05) is 30.3 Å². The van der Waals surface area contributed by atoms with Gasteiger partial charge in [-0.05, 0) is 17.7 Å². The van der Waals surface area contributed by atoms with Gasteiger partial charge in [-0.2, -0.15) is 0 Å². The molecule has 2 aromatic carbocycles. The molecule has 0 bridgehead atoms. The van der Waals surface area contributed by atoms with Gasteiger partial charge >= 0.3 is 0 Å². The van der Waals surface area contributed by atoms with Crippen LogP contribution in [0.15, 0.2) is 42.5 Å². The van der Waals surface area contributed by atoms with Crippen molar-refractivity contribution in [1.82, 2.24) is 0 Å². The highest BCUT2D eigenvalue weighted by molar-refractivity contribution is 5.81. The number of rotatable bonds is 2. The Hall–Kier alpha value is -2.29. The number of ether oxygens (including phenoxy) is 2. The molecule has 3 heteroatoms. The normalized spacial score (nSPS) is 12.5. The summed E-state index contributed by atoms with van der Waals surface area (Å²) < 4.78 is 10.8. The summed E-state index contributed by atoms with van der Waals surface area (Å²) >= 11 is 0. The van der Waals surface area contributed by atoms with Crippen LogP contribution in [0.3, 0.4) is 0 Å². The lowest BCUT2D eigenvalue weighted by Crippen LogP contribution is -1.93. The van der Waals surface area contributed by atoms with Crippen LogP contribution in [0, 0.1) is 0 Å². The summed E-state index contributed by atoms with van der Waals surface area (Å²) in [6, 6.07) is 13.2. The molecule has 1 aliphatic heterocycles. The minimum absolute atomic E-state index is 0.250. The van der Waals surface area contributed by atoms with Crippen molar-refractivity contribution in [2.45, 2.75) is 0 Å². The SMILES string of the molecule is O=Cc1cccc(-c2cccc3c2OCO3)c1. The number of carbonyl (C=O) groups excluding carboxylic acids is 1. The highest BCUT2D eigenvalue weighted by Crippen LogP contribution is 2.41. The molecule has 1 heterocycles. The summed E-state index contributed by atoms with van der Waals surface area (Å²) in [5, 5.41) is 0. The van der Waals surface area contributed by atoms with Gasteiger partial charge in [0, 0.05) is 11.1 Å². The van der Waals surface area contributed by atoms with Crippen molar-refractivity contribution in [3.8, 4) is 22.6 Å². The maximum absolute atomic E-state index is 10.8. The topological polar surface area (TPSA) is 35.5 Å². The molecule has 0 saturated carbocycles. The van der Waals surface area contributed by atoms with E-state index < -0.39 is 0 Å². The number of hydrogen-bond acceptors (Lipinski definition) is 3. The average Bonchev–Trinajstić information content (AvgIpc) is 2.87. The predicted octanol–water partition coefficient (Wildman–Crippen LogP) is 2.89. The molecule has 0 unspecified atom stereocenters. The van der Waals surface area contributed by atoms with Crippen molar-refractivity contribution in [3.63, 3.8) is 0 Å². The van der Waals surface area contributed by atoms with Crippen molar-refractivity contribution < 1.29 is 14.3 Å². The van der Waals surface area contributed by atoms with E-state index in [1.54, 1.807) is 6.07 Å². The zero-order valence-electron chi connectivity index (χ0n) is 9.05. The molecule has 0 N–H and O–H groups in total. The fourth-order valence-corrected chi connectivity index (χ4v) is 1.94. The van der Waals surface area contributed by atoms with E-state index in [2.05, 4.69) is 0 Å². The fraction of sp³-hybridized carbons (Fsp3) is 0.0714. The summed E-state index contributed by atoms with van der Waals surface area (Å²) in [5.74, 6) is 1.49. The van der Waals surface area contributed by atoms with Gasteiger partial charge in [0.2, 0.25) is 6.79 Å². The molecule has 0 atom stereocenters. The molecule has 17 heavy (non-hydrogen) atoms. The zero-order chi connectivity index (χ0) is 11.7. The van der Waals surface area contributed by atoms with E-state index in [0.29, 0.717) is 5.56 Å². The van der Waals surface area contributed by atoms with E-state index in [0.717, 1.165) is 28.9 Å². The van der Waals surface area contributed by atoms with Gasteiger partial charge in [0.15, 0.2) is 11.5 Å². The molecule has 0 fully saturated rings. The van der Waals surface area contributed by atoms with E-state index in [1.165, 1.54) is 0 Å². The number of carbonyl (C=O) groups is 1. The Morgan fingerprint density at radius 2 is 1.94 bits per heavy atom. The predicted molar refractivity (Wildman–Crippen MR) is 63.4 cm³/mol. The van der Waals surface area contributed by atoms with Gasteiger partial charge in [-0.3, -0.25) is 4.79 Å². The van der Waals surface area contributed by atoms with Crippen LogP contribution in [-0.2, 0) is 0 Å². The third-order valence-corrected chi connectivity index (χ3v) is 2.73. The van der Waals surface area contributed by atoms with Gasteiger partial charge in [0.25, 0.3) is 0 Å². The van der Waals surface area contributed by atoms with Crippen LogP contribution in [0.4, 0.5) is 0 Å². The van der Waals surface area contributed by atoms with E-state index >= 15 is 0 Å². The second-order valence-electron chi connectivity index (χ2n) is 3.78. The third kappa shape index (κ3) is 1.65. The molecule has 0 aliphatic carbocycles. The fourth-order valence-electron chi connectivity index (χ4n) is 1.94. The lowest BCUT2D eigenvalue weighted by molar-refractivity contribution is 0.112. The van der Waals surface area contributed by atoms with Crippen molar-refractivity contribution in [1.29, 1.82) is 0 Å². The maximum atomic E-state index is 10.8. The average molecular weight is 226 g/mol. The second-order valence-corrected chi connectivity index (χ2v) is 3.78. The van der Waals surface area contributed by atoms with E-state index in [1.807, 2.05) is 36.4 Å². The van der Waals surface area contributed by atoms with Crippen molar-refractivity contribution in [2.75, 3.05) is 6.79 Å². The minimum Gasteiger partial charge on any atom is -0.454 e. The highest BCUT2D eigenvalue weighted by atomic mass is 16.7. The molecular formula is C14H10O3. The molecule has 1 aliphatic rings. The van der Waals surface area contributed by atoms with Gasteiger partial charge in [-0.15, -0.1) is 0 Å². The van der Waals surface area contributed by atoms with Crippen LogP contribution in [-0.4, -0.2) is 13.1 Å². The third-order valence-electron chi connectivity index (χ3n) is 2.73. The summed E-state index contributed by atoms with van der Waals surface area (Å²) in [7, 11) is 0. The molecular weight excluding hydrogens is 216 g/mol. The van der Waals surface area contributed by atoms with Gasteiger partial charge in [0.05, 0.1) is 0 Å². The monoisotopic (exact) mass is 226 g/mol. The number of para-hydroxylation sites is 1. The number of aldehydes is 1. The van der Waals surface area contributed by atoms with E-state index in [-0.39, 0.29) is 6.79 Å². The smallest absolute Gasteiger partial charge is 0.231 e. The largest absolute Gasteiger partial charge is 0.454 e. The Morgan fingerprint density at radius 3 is 2.82 bits per heavy atom. The minimum atomic E-state index is 0.250. The lowest BCUT2D eigenvalue weighted by atomic mass is 10.0. The Labute approximate surface area is 98.6 Å². The summed E-state index contributed by atoms with van der Waals surface area (Å²) in [4.78, 5) is 10.8. The number of hydrogen-bond donors (Lipinski definition) is 0. The first-order valence-electron chi connectivity index (χ1n) is 5.33. The van der Waals surface area contributed by atoms with Crippen LogP contribution in [0.25, 0.3) is 11.1 Å². The van der Waals surface area contributed by atoms with E-state index in [9.17, 15) is 4.79 Å². The number of fused-ring (bicyclic) bond motifs is 1. The van der Waals surface area contributed by atoms with Gasteiger partial charge < -0.3 is 9.47 Å². The van der Waals surface area contributed by atoms with Crippen molar-refractivity contribution >= 4 is 6.29 Å². The van der Waals surface area contributed by atoms with Gasteiger partial charge in [-0.25, -0.2) is 0 Å². The molecule has 84 valence electrons. The summed E-state index contributed by atoms with van der Waals surface area (Å²) in [5.41, 5.74) is 2.56. The molecule has 0 spiro atoms. The van der Waals surface area contributed by atoms with Crippen LogP contribution >= 0.6 is 0 Å². The van der Waals surface area contributed by atoms with Gasteiger partial charge in [0.1, 0.15) is 6.29 Å². The van der Waals surface area contributed by atoms with Crippen molar-refractivity contribution in [3.05, 3.63) is 48.0 Å². The van der Waals surface area contributed by atoms with Crippen LogP contribution < -0.4 is 9.47 Å². The molecule has 2 aromatic rings. The Balaban J connectivity index is 2.15. The van der Waals surface area contributed by atoms with Crippen molar-refractivity contribution in [2.24, 2.45) is 0 Å². The zero-order valence-corrected chi connectivity index (χ0v) is 9.05. The molecule has 3 rings (SSSR count). The standard InChI is InChI=1S/C14H10O3/c15-8-10-3-1-4-11(7-10)12-5-2-6-13-14(12)17-9-16-13/h1-8H,9H2.